The number of hydrogen-bond acceptors (Lipinski definition) is 1. The monoisotopic (exact) mass is 238 g/mol. The molecule has 0 amide bonds. The van der Waals surface area contributed by atoms with Gasteiger partial charge in [0.25, 0.3) is 0 Å². The first kappa shape index (κ1) is 12.0. The first-order valence-electron chi connectivity index (χ1n) is 5.95. The molecule has 2 rings (SSSR count). The van der Waals surface area contributed by atoms with Crippen LogP contribution in [0.2, 0.25) is 0 Å². The number of benzene rings is 1. The first-order valence-corrected chi connectivity index (χ1v) is 5.95. The summed E-state index contributed by atoms with van der Waals surface area (Å²) >= 11 is 0. The molecule has 1 aromatic carbocycles. The van der Waals surface area contributed by atoms with Crippen molar-refractivity contribution in [3.8, 4) is 0 Å². The van der Waals surface area contributed by atoms with Crippen molar-refractivity contribution in [3.05, 3.63) is 30.1 Å². The van der Waals surface area contributed by atoms with Crippen LogP contribution in [0.15, 0.2) is 18.5 Å². The molecule has 0 aliphatic rings. The van der Waals surface area contributed by atoms with Crippen molar-refractivity contribution >= 4 is 11.0 Å². The maximum Gasteiger partial charge on any atom is 0.161 e. The van der Waals surface area contributed by atoms with Crippen molar-refractivity contribution in [2.75, 3.05) is 0 Å². The minimum atomic E-state index is -0.842. The molecule has 0 unspecified atom stereocenters. The molecule has 92 valence electrons. The molecule has 0 bridgehead atoms. The van der Waals surface area contributed by atoms with E-state index >= 15 is 0 Å². The lowest BCUT2D eigenvalue weighted by Gasteiger charge is -2.13. The zero-order valence-corrected chi connectivity index (χ0v) is 10.1. The smallest absolute Gasteiger partial charge is 0.161 e. The van der Waals surface area contributed by atoms with Gasteiger partial charge in [-0.15, -0.1) is 0 Å². The molecule has 1 heterocycles. The number of rotatable bonds is 4. The standard InChI is InChI=1S/C13H16F2N2/c1-3-9(4-2)7-17-8-16-12-5-10(14)11(15)6-13(12)17/h5-6,8-9H,3-4,7H2,1-2H3. The topological polar surface area (TPSA) is 17.8 Å². The highest BCUT2D eigenvalue weighted by Crippen LogP contribution is 2.20. The van der Waals surface area contributed by atoms with Crippen molar-refractivity contribution < 1.29 is 8.78 Å². The maximum absolute atomic E-state index is 13.2. The van der Waals surface area contributed by atoms with E-state index in [0.29, 0.717) is 17.0 Å². The molecular formula is C13H16F2N2. The lowest BCUT2D eigenvalue weighted by atomic mass is 10.0. The minimum Gasteiger partial charge on any atom is -0.330 e. The van der Waals surface area contributed by atoms with Gasteiger partial charge >= 0.3 is 0 Å². The van der Waals surface area contributed by atoms with Gasteiger partial charge < -0.3 is 4.57 Å². The third-order valence-electron chi connectivity index (χ3n) is 3.27. The van der Waals surface area contributed by atoms with Crippen LogP contribution in [0.5, 0.6) is 0 Å². The number of aromatic nitrogens is 2. The van der Waals surface area contributed by atoms with Gasteiger partial charge in [0.05, 0.1) is 17.4 Å². The second-order valence-electron chi connectivity index (χ2n) is 4.33. The van der Waals surface area contributed by atoms with E-state index < -0.39 is 11.6 Å². The molecule has 1 aromatic heterocycles. The minimum absolute atomic E-state index is 0.509. The van der Waals surface area contributed by atoms with Crippen LogP contribution < -0.4 is 0 Å². The van der Waals surface area contributed by atoms with Crippen LogP contribution in [-0.2, 0) is 6.54 Å². The second-order valence-corrected chi connectivity index (χ2v) is 4.33. The third-order valence-corrected chi connectivity index (χ3v) is 3.27. The summed E-state index contributed by atoms with van der Waals surface area (Å²) in [7, 11) is 0. The highest BCUT2D eigenvalue weighted by molar-refractivity contribution is 5.75. The number of hydrogen-bond donors (Lipinski definition) is 0. The van der Waals surface area contributed by atoms with E-state index in [1.54, 1.807) is 6.33 Å². The van der Waals surface area contributed by atoms with Gasteiger partial charge in [-0.1, -0.05) is 26.7 Å². The lowest BCUT2D eigenvalue weighted by molar-refractivity contribution is 0.423. The van der Waals surface area contributed by atoms with E-state index in [1.165, 1.54) is 6.07 Å². The van der Waals surface area contributed by atoms with Gasteiger partial charge in [-0.25, -0.2) is 13.8 Å². The summed E-state index contributed by atoms with van der Waals surface area (Å²) in [6.45, 7) is 5.07. The first-order chi connectivity index (χ1) is 8.15. The molecule has 2 aromatic rings. The Kier molecular flexibility index (Phi) is 3.41. The molecule has 17 heavy (non-hydrogen) atoms. The van der Waals surface area contributed by atoms with Crippen molar-refractivity contribution in [2.45, 2.75) is 33.2 Å². The number of nitrogens with zero attached hydrogens (tertiary/aromatic N) is 2. The van der Waals surface area contributed by atoms with Crippen LogP contribution in [0.25, 0.3) is 11.0 Å². The average molecular weight is 238 g/mol. The summed E-state index contributed by atoms with van der Waals surface area (Å²) in [5, 5.41) is 0. The van der Waals surface area contributed by atoms with Crippen molar-refractivity contribution in [1.29, 1.82) is 0 Å². The van der Waals surface area contributed by atoms with E-state index in [1.807, 2.05) is 4.57 Å². The van der Waals surface area contributed by atoms with Gasteiger partial charge in [-0.05, 0) is 5.92 Å². The maximum atomic E-state index is 13.2. The summed E-state index contributed by atoms with van der Waals surface area (Å²) in [4.78, 5) is 4.10. The Labute approximate surface area is 99.3 Å². The van der Waals surface area contributed by atoms with E-state index in [-0.39, 0.29) is 0 Å². The molecule has 0 atom stereocenters. The number of halogens is 2. The Morgan fingerprint density at radius 2 is 1.82 bits per heavy atom. The summed E-state index contributed by atoms with van der Waals surface area (Å²) in [6.07, 6.45) is 3.79. The largest absolute Gasteiger partial charge is 0.330 e. The van der Waals surface area contributed by atoms with Crippen molar-refractivity contribution in [2.24, 2.45) is 5.92 Å². The fourth-order valence-corrected chi connectivity index (χ4v) is 2.02. The van der Waals surface area contributed by atoms with Gasteiger partial charge in [-0.3, -0.25) is 0 Å². The van der Waals surface area contributed by atoms with Crippen LogP contribution in [0, 0.1) is 17.6 Å². The SMILES string of the molecule is CCC(CC)Cn1cnc2cc(F)c(F)cc21. The predicted molar refractivity (Wildman–Crippen MR) is 63.7 cm³/mol. The Morgan fingerprint density at radius 3 is 2.47 bits per heavy atom. The van der Waals surface area contributed by atoms with Gasteiger partial charge in [-0.2, -0.15) is 0 Å². The van der Waals surface area contributed by atoms with Crippen molar-refractivity contribution in [3.63, 3.8) is 0 Å². The molecule has 0 aliphatic carbocycles. The van der Waals surface area contributed by atoms with Gasteiger partial charge in [0.1, 0.15) is 0 Å². The quantitative estimate of drug-likeness (QED) is 0.793. The normalized spacial score (nSPS) is 11.6. The highest BCUT2D eigenvalue weighted by atomic mass is 19.2. The molecule has 0 N–H and O–H groups in total. The second kappa shape index (κ2) is 4.82. The summed E-state index contributed by atoms with van der Waals surface area (Å²) in [5.74, 6) is -1.12. The molecular weight excluding hydrogens is 222 g/mol. The van der Waals surface area contributed by atoms with Crippen molar-refractivity contribution in [1.82, 2.24) is 9.55 Å². The molecule has 0 saturated carbocycles. The third kappa shape index (κ3) is 2.30. The molecule has 0 spiro atoms. The Morgan fingerprint density at radius 1 is 1.18 bits per heavy atom. The average Bonchev–Trinajstić information content (AvgIpc) is 2.69. The molecule has 2 nitrogen and oxygen atoms in total. The molecule has 0 radical (unpaired) electrons. The van der Waals surface area contributed by atoms with Crippen LogP contribution in [0.1, 0.15) is 26.7 Å². The summed E-state index contributed by atoms with van der Waals surface area (Å²) in [6, 6.07) is 2.37. The predicted octanol–water partition coefficient (Wildman–Crippen LogP) is 3.75. The molecule has 4 heteroatoms. The molecule has 0 saturated heterocycles. The van der Waals surface area contributed by atoms with Gasteiger partial charge in [0, 0.05) is 18.7 Å². The highest BCUT2D eigenvalue weighted by Gasteiger charge is 2.11. The Hall–Kier alpha value is -1.45. The van der Waals surface area contributed by atoms with Crippen LogP contribution in [0.3, 0.4) is 0 Å². The molecule has 0 fully saturated rings. The van der Waals surface area contributed by atoms with Crippen LogP contribution in [-0.4, -0.2) is 9.55 Å². The fraction of sp³-hybridized carbons (Fsp3) is 0.462. The molecule has 0 aliphatic heterocycles. The van der Waals surface area contributed by atoms with E-state index in [0.717, 1.165) is 25.5 Å². The Balaban J connectivity index is 2.38. The zero-order chi connectivity index (χ0) is 12.4. The van der Waals surface area contributed by atoms with Crippen LogP contribution in [0.4, 0.5) is 8.78 Å². The number of imidazole rings is 1. The van der Waals surface area contributed by atoms with E-state index in [9.17, 15) is 8.78 Å². The Bertz CT molecular complexity index is 515. The summed E-state index contributed by atoms with van der Waals surface area (Å²) in [5.41, 5.74) is 1.17. The number of fused-ring (bicyclic) bond motifs is 1. The van der Waals surface area contributed by atoms with E-state index in [2.05, 4.69) is 18.8 Å². The van der Waals surface area contributed by atoms with Gasteiger partial charge in [0.15, 0.2) is 11.6 Å². The van der Waals surface area contributed by atoms with Crippen LogP contribution >= 0.6 is 0 Å². The summed E-state index contributed by atoms with van der Waals surface area (Å²) < 4.78 is 28.1. The zero-order valence-electron chi connectivity index (χ0n) is 10.1. The van der Waals surface area contributed by atoms with Gasteiger partial charge in [0.2, 0.25) is 0 Å². The van der Waals surface area contributed by atoms with E-state index in [4.69, 9.17) is 0 Å². The fourth-order valence-electron chi connectivity index (χ4n) is 2.02. The lowest BCUT2D eigenvalue weighted by Crippen LogP contribution is -2.08.